The number of nitrogens with one attached hydrogen (secondary N) is 1. The maximum absolute atomic E-state index is 11.6. The molecule has 1 rings (SSSR count). The Kier molecular flexibility index (Phi) is 3.97. The molecule has 0 aromatic rings. The van der Waals surface area contributed by atoms with Crippen LogP contribution in [0.2, 0.25) is 0 Å². The fourth-order valence-electron chi connectivity index (χ4n) is 1.83. The van der Waals surface area contributed by atoms with Crippen LogP contribution in [0.5, 0.6) is 0 Å². The number of carbonyl (C=O) groups excluding carboxylic acids is 2. The Morgan fingerprint density at radius 1 is 1.47 bits per heavy atom. The zero-order chi connectivity index (χ0) is 11.5. The van der Waals surface area contributed by atoms with Gasteiger partial charge < -0.3 is 4.90 Å². The second kappa shape index (κ2) is 4.84. The maximum atomic E-state index is 11.6. The number of hydrogen-bond donors (Lipinski definition) is 1. The number of piperidine rings is 1. The molecule has 1 N–H and O–H groups in total. The largest absolute Gasteiger partial charge is 0.324 e. The van der Waals surface area contributed by atoms with Gasteiger partial charge in [0, 0.05) is 13.1 Å². The fraction of sp³-hybridized carbons (Fsp3) is 0.800. The van der Waals surface area contributed by atoms with E-state index in [-0.39, 0.29) is 17.3 Å². The van der Waals surface area contributed by atoms with E-state index in [4.69, 9.17) is 11.6 Å². The van der Waals surface area contributed by atoms with Gasteiger partial charge in [-0.25, -0.2) is 4.79 Å². The molecule has 0 aromatic carbocycles. The summed E-state index contributed by atoms with van der Waals surface area (Å²) >= 11 is 5.31. The Bertz CT molecular complexity index is 266. The molecule has 0 unspecified atom stereocenters. The lowest BCUT2D eigenvalue weighted by molar-refractivity contribution is -0.117. The summed E-state index contributed by atoms with van der Waals surface area (Å²) in [5.74, 6) is -0.617. The van der Waals surface area contributed by atoms with Gasteiger partial charge >= 0.3 is 6.03 Å². The monoisotopic (exact) mass is 232 g/mol. The minimum atomic E-state index is -0.440. The van der Waals surface area contributed by atoms with Crippen molar-refractivity contribution in [1.82, 2.24) is 10.2 Å². The predicted molar refractivity (Wildman–Crippen MR) is 58.8 cm³/mol. The molecule has 4 nitrogen and oxygen atoms in total. The number of urea groups is 1. The molecule has 0 radical (unpaired) electrons. The van der Waals surface area contributed by atoms with Crippen LogP contribution in [0.3, 0.4) is 0 Å². The van der Waals surface area contributed by atoms with E-state index in [1.54, 1.807) is 4.90 Å². The highest BCUT2D eigenvalue weighted by Gasteiger charge is 2.29. The third-order valence-corrected chi connectivity index (χ3v) is 2.80. The van der Waals surface area contributed by atoms with Crippen LogP contribution in [0.15, 0.2) is 0 Å². The Labute approximate surface area is 95.0 Å². The summed E-state index contributed by atoms with van der Waals surface area (Å²) in [6.07, 6.45) is 2.09. The van der Waals surface area contributed by atoms with Gasteiger partial charge in [-0.05, 0) is 18.3 Å². The standard InChI is InChI=1S/C10H17ClN2O2/c1-10(2)4-3-5-13(7-10)9(15)12-8(14)6-11/h3-7H2,1-2H3,(H,12,14,15). The number of rotatable bonds is 1. The first-order valence-corrected chi connectivity index (χ1v) is 5.63. The first kappa shape index (κ1) is 12.3. The van der Waals surface area contributed by atoms with Crippen molar-refractivity contribution in [1.29, 1.82) is 0 Å². The Morgan fingerprint density at radius 2 is 2.13 bits per heavy atom. The molecule has 5 heteroatoms. The zero-order valence-electron chi connectivity index (χ0n) is 9.18. The molecule has 3 amide bonds. The van der Waals surface area contributed by atoms with Crippen LogP contribution in [0.4, 0.5) is 4.79 Å². The van der Waals surface area contributed by atoms with Crippen molar-refractivity contribution in [2.45, 2.75) is 26.7 Å². The molecular weight excluding hydrogens is 216 g/mol. The molecule has 1 heterocycles. The maximum Gasteiger partial charge on any atom is 0.324 e. The summed E-state index contributed by atoms with van der Waals surface area (Å²) < 4.78 is 0. The first-order valence-electron chi connectivity index (χ1n) is 5.09. The highest BCUT2D eigenvalue weighted by Crippen LogP contribution is 2.28. The number of halogens is 1. The summed E-state index contributed by atoms with van der Waals surface area (Å²) in [5, 5.41) is 2.25. The van der Waals surface area contributed by atoms with Crippen LogP contribution in [0.25, 0.3) is 0 Å². The second-order valence-corrected chi connectivity index (χ2v) is 4.94. The highest BCUT2D eigenvalue weighted by atomic mass is 35.5. The molecule has 0 saturated carbocycles. The average Bonchev–Trinajstić information content (AvgIpc) is 2.16. The summed E-state index contributed by atoms with van der Waals surface area (Å²) in [4.78, 5) is 24.2. The molecular formula is C10H17ClN2O2. The third-order valence-electron chi connectivity index (χ3n) is 2.56. The van der Waals surface area contributed by atoms with Gasteiger partial charge in [-0.15, -0.1) is 11.6 Å². The quantitative estimate of drug-likeness (QED) is 0.698. The molecule has 0 atom stereocenters. The molecule has 15 heavy (non-hydrogen) atoms. The van der Waals surface area contributed by atoms with Crippen molar-refractivity contribution >= 4 is 23.5 Å². The molecule has 1 saturated heterocycles. The van der Waals surface area contributed by atoms with E-state index in [0.717, 1.165) is 12.8 Å². The lowest BCUT2D eigenvalue weighted by Gasteiger charge is -2.37. The molecule has 1 fully saturated rings. The van der Waals surface area contributed by atoms with Gasteiger partial charge in [0.15, 0.2) is 0 Å². The van der Waals surface area contributed by atoms with E-state index in [0.29, 0.717) is 13.1 Å². The molecule has 1 aliphatic rings. The smallest absolute Gasteiger partial charge is 0.324 e. The number of likely N-dealkylation sites (tertiary alicyclic amines) is 1. The zero-order valence-corrected chi connectivity index (χ0v) is 9.93. The Morgan fingerprint density at radius 3 is 2.67 bits per heavy atom. The van der Waals surface area contributed by atoms with Crippen LogP contribution >= 0.6 is 11.6 Å². The molecule has 0 spiro atoms. The van der Waals surface area contributed by atoms with Crippen LogP contribution in [-0.2, 0) is 4.79 Å². The van der Waals surface area contributed by atoms with Crippen LogP contribution in [-0.4, -0.2) is 35.8 Å². The minimum absolute atomic E-state index is 0.138. The predicted octanol–water partition coefficient (Wildman–Crippen LogP) is 1.58. The van der Waals surface area contributed by atoms with Crippen LogP contribution < -0.4 is 5.32 Å². The number of imide groups is 1. The van der Waals surface area contributed by atoms with Gasteiger partial charge in [0.1, 0.15) is 5.88 Å². The number of hydrogen-bond acceptors (Lipinski definition) is 2. The number of amides is 3. The van der Waals surface area contributed by atoms with Crippen molar-refractivity contribution in [3.05, 3.63) is 0 Å². The number of alkyl halides is 1. The molecule has 0 bridgehead atoms. The van der Waals surface area contributed by atoms with Gasteiger partial charge in [-0.1, -0.05) is 13.8 Å². The lowest BCUT2D eigenvalue weighted by atomic mass is 9.84. The molecule has 1 aliphatic heterocycles. The number of nitrogens with zero attached hydrogens (tertiary/aromatic N) is 1. The normalized spacial score (nSPS) is 19.8. The van der Waals surface area contributed by atoms with E-state index in [2.05, 4.69) is 19.2 Å². The summed E-state index contributed by atoms with van der Waals surface area (Å²) in [6, 6.07) is -0.326. The Hall–Kier alpha value is -0.770. The lowest BCUT2D eigenvalue weighted by Crippen LogP contribution is -2.49. The van der Waals surface area contributed by atoms with Crippen LogP contribution in [0.1, 0.15) is 26.7 Å². The van der Waals surface area contributed by atoms with Crippen molar-refractivity contribution in [2.24, 2.45) is 5.41 Å². The van der Waals surface area contributed by atoms with Crippen molar-refractivity contribution in [2.75, 3.05) is 19.0 Å². The number of carbonyl (C=O) groups is 2. The molecule has 0 aromatic heterocycles. The van der Waals surface area contributed by atoms with Crippen LogP contribution in [0, 0.1) is 5.41 Å². The van der Waals surface area contributed by atoms with Gasteiger partial charge in [0.2, 0.25) is 5.91 Å². The van der Waals surface area contributed by atoms with Gasteiger partial charge in [0.25, 0.3) is 0 Å². The summed E-state index contributed by atoms with van der Waals surface area (Å²) in [5.41, 5.74) is 0.138. The average molecular weight is 233 g/mol. The van der Waals surface area contributed by atoms with E-state index >= 15 is 0 Å². The first-order chi connectivity index (χ1) is 6.94. The van der Waals surface area contributed by atoms with Gasteiger partial charge in [-0.3, -0.25) is 10.1 Å². The molecule has 0 aliphatic carbocycles. The van der Waals surface area contributed by atoms with E-state index < -0.39 is 5.91 Å². The van der Waals surface area contributed by atoms with Gasteiger partial charge in [-0.2, -0.15) is 0 Å². The Balaban J connectivity index is 2.49. The highest BCUT2D eigenvalue weighted by molar-refractivity contribution is 6.28. The van der Waals surface area contributed by atoms with Crippen molar-refractivity contribution in [3.63, 3.8) is 0 Å². The summed E-state index contributed by atoms with van der Waals surface area (Å²) in [7, 11) is 0. The second-order valence-electron chi connectivity index (χ2n) is 4.68. The topological polar surface area (TPSA) is 49.4 Å². The summed E-state index contributed by atoms with van der Waals surface area (Å²) in [6.45, 7) is 5.64. The van der Waals surface area contributed by atoms with E-state index in [9.17, 15) is 9.59 Å². The van der Waals surface area contributed by atoms with E-state index in [1.807, 2.05) is 0 Å². The van der Waals surface area contributed by atoms with E-state index in [1.165, 1.54) is 0 Å². The third kappa shape index (κ3) is 3.70. The minimum Gasteiger partial charge on any atom is -0.324 e. The van der Waals surface area contributed by atoms with Crippen molar-refractivity contribution < 1.29 is 9.59 Å². The fourth-order valence-corrected chi connectivity index (χ4v) is 1.90. The van der Waals surface area contributed by atoms with Crippen molar-refractivity contribution in [3.8, 4) is 0 Å². The SMILES string of the molecule is CC1(C)CCCN(C(=O)NC(=O)CCl)C1. The van der Waals surface area contributed by atoms with Gasteiger partial charge in [0.05, 0.1) is 0 Å². The molecule has 86 valence electrons.